The quantitative estimate of drug-likeness (QED) is 0.443. The Balaban J connectivity index is 1.39. The molecule has 4 fully saturated rings. The van der Waals surface area contributed by atoms with E-state index in [0.29, 0.717) is 6.42 Å². The van der Waals surface area contributed by atoms with E-state index < -0.39 is 82.4 Å². The Morgan fingerprint density at radius 2 is 1.86 bits per heavy atom. The monoisotopic (exact) mass is 618 g/mol. The van der Waals surface area contributed by atoms with Crippen LogP contribution in [-0.4, -0.2) is 86.6 Å². The van der Waals surface area contributed by atoms with Crippen LogP contribution in [0.15, 0.2) is 12.3 Å². The number of carbonyl (C=O) groups excluding carboxylic acids is 4. The van der Waals surface area contributed by atoms with Gasteiger partial charge < -0.3 is 25.5 Å². The lowest BCUT2D eigenvalue weighted by Gasteiger charge is -2.38. The first-order valence-corrected chi connectivity index (χ1v) is 14.9. The highest BCUT2D eigenvalue weighted by atomic mass is 19.1. The predicted molar refractivity (Wildman–Crippen MR) is 149 cm³/mol. The van der Waals surface area contributed by atoms with Crippen LogP contribution in [0.1, 0.15) is 59.3 Å². The number of hydrogen-bond acceptors (Lipinski definition) is 7. The molecule has 0 bridgehead atoms. The number of amides is 4. The van der Waals surface area contributed by atoms with Crippen molar-refractivity contribution in [1.82, 2.24) is 20.1 Å². The van der Waals surface area contributed by atoms with E-state index in [1.807, 2.05) is 6.07 Å². The fourth-order valence-corrected chi connectivity index (χ4v) is 6.69. The molecule has 2 aliphatic heterocycles. The lowest BCUT2D eigenvalue weighted by Crippen LogP contribution is -2.60. The lowest BCUT2D eigenvalue weighted by atomic mass is 9.77. The molecule has 5 rings (SSSR count). The van der Waals surface area contributed by atoms with Crippen LogP contribution in [0.3, 0.4) is 0 Å². The van der Waals surface area contributed by atoms with Gasteiger partial charge in [-0.25, -0.2) is 18.2 Å². The van der Waals surface area contributed by atoms with E-state index in [2.05, 4.69) is 15.6 Å². The number of pyridine rings is 1. The molecule has 2 saturated heterocycles. The maximum Gasteiger partial charge on any atom is 0.258 e. The molecule has 2 aliphatic carbocycles. The van der Waals surface area contributed by atoms with E-state index in [1.54, 1.807) is 20.8 Å². The summed E-state index contributed by atoms with van der Waals surface area (Å²) in [6.45, 7) is 5.10. The molecule has 44 heavy (non-hydrogen) atoms. The summed E-state index contributed by atoms with van der Waals surface area (Å²) in [5.41, 5.74) is -2.88. The molecule has 3 N–H and O–H groups in total. The molecule has 4 aliphatic rings. The zero-order valence-electron chi connectivity index (χ0n) is 24.9. The van der Waals surface area contributed by atoms with E-state index in [9.17, 15) is 42.7 Å². The molecule has 0 spiro atoms. The molecule has 11 nitrogen and oxygen atoms in total. The van der Waals surface area contributed by atoms with Gasteiger partial charge in [-0.05, 0) is 55.8 Å². The molecule has 238 valence electrons. The number of fused-ring (bicyclic) bond motifs is 1. The second-order valence-corrected chi connectivity index (χ2v) is 13.6. The third-order valence-electron chi connectivity index (χ3n) is 9.36. The van der Waals surface area contributed by atoms with Crippen LogP contribution in [0.4, 0.5) is 19.0 Å². The second kappa shape index (κ2) is 11.6. The Kier molecular flexibility index (Phi) is 8.28. The average molecular weight is 619 g/mol. The number of halogens is 3. The van der Waals surface area contributed by atoms with Crippen molar-refractivity contribution in [2.75, 3.05) is 18.4 Å². The number of likely N-dealkylation sites (tertiary alicyclic amines) is 2. The molecule has 14 heteroatoms. The Morgan fingerprint density at radius 3 is 2.48 bits per heavy atom. The Labute approximate surface area is 253 Å². The predicted octanol–water partition coefficient (Wildman–Crippen LogP) is 2.60. The zero-order chi connectivity index (χ0) is 32.1. The first-order valence-electron chi connectivity index (χ1n) is 14.9. The van der Waals surface area contributed by atoms with Crippen molar-refractivity contribution in [2.45, 2.75) is 89.3 Å². The van der Waals surface area contributed by atoms with Gasteiger partial charge in [-0.15, -0.1) is 0 Å². The Morgan fingerprint density at radius 1 is 1.16 bits per heavy atom. The van der Waals surface area contributed by atoms with Crippen molar-refractivity contribution in [1.29, 1.82) is 5.26 Å². The van der Waals surface area contributed by atoms with Crippen molar-refractivity contribution in [3.8, 4) is 11.8 Å². The Bertz CT molecular complexity index is 1390. The highest BCUT2D eigenvalue weighted by Gasteiger charge is 2.56. The van der Waals surface area contributed by atoms with Gasteiger partial charge in [0.25, 0.3) is 5.91 Å². The largest absolute Gasteiger partial charge is 0.504 e. The van der Waals surface area contributed by atoms with E-state index in [-0.39, 0.29) is 56.9 Å². The fourth-order valence-electron chi connectivity index (χ4n) is 6.69. The maximum absolute atomic E-state index is 14.7. The summed E-state index contributed by atoms with van der Waals surface area (Å²) in [7, 11) is 0. The summed E-state index contributed by atoms with van der Waals surface area (Å²) in [5.74, 6) is -6.03. The van der Waals surface area contributed by atoms with Gasteiger partial charge in [0.2, 0.25) is 17.7 Å². The van der Waals surface area contributed by atoms with E-state index >= 15 is 0 Å². The summed E-state index contributed by atoms with van der Waals surface area (Å²) in [6, 6.07) is -0.526. The van der Waals surface area contributed by atoms with Crippen LogP contribution in [0, 0.1) is 40.3 Å². The van der Waals surface area contributed by atoms with E-state index in [1.165, 1.54) is 9.80 Å². The second-order valence-electron chi connectivity index (χ2n) is 13.6. The minimum atomic E-state index is -2.02. The molecular weight excluding hydrogens is 581 g/mol. The van der Waals surface area contributed by atoms with E-state index in [4.69, 9.17) is 0 Å². The summed E-state index contributed by atoms with van der Waals surface area (Å²) >= 11 is 0. The topological polar surface area (TPSA) is 156 Å². The molecule has 1 unspecified atom stereocenters. The molecule has 3 heterocycles. The van der Waals surface area contributed by atoms with Crippen molar-refractivity contribution in [3.63, 3.8) is 0 Å². The van der Waals surface area contributed by atoms with Gasteiger partial charge in [-0.1, -0.05) is 20.8 Å². The highest BCUT2D eigenvalue weighted by Crippen LogP contribution is 2.44. The van der Waals surface area contributed by atoms with Crippen molar-refractivity contribution in [2.24, 2.45) is 23.2 Å². The van der Waals surface area contributed by atoms with Gasteiger partial charge in [0.05, 0.1) is 18.2 Å². The van der Waals surface area contributed by atoms with Crippen LogP contribution < -0.4 is 10.6 Å². The smallest absolute Gasteiger partial charge is 0.258 e. The number of alkyl halides is 2. The first kappa shape index (κ1) is 31.5. The summed E-state index contributed by atoms with van der Waals surface area (Å²) in [6.07, 6.45) is 0.477. The number of aromatic hydroxyl groups is 1. The molecule has 0 radical (unpaired) electrons. The molecule has 4 amide bonds. The standard InChI is InChI=1S/C30H37F3N6O5/c1-29(2,3)23(36-28(44)30(33)6-7-30)27(43)39-13-15-4-5-17(31)9-20(15)22(39)26(42)38-14-16(8-19(38)11-34)25(41)37-24-21(40)10-18(32)12-35-24/h10,12,15-17,19-20,22-23,40H,4-9,13-14H2,1-3H3,(H,36,44)(H,35,37,41)/t15?,16-,17+,19-,20-,22-,23+/m0/s1. The highest BCUT2D eigenvalue weighted by molar-refractivity contribution is 5.97. The number of rotatable bonds is 6. The minimum Gasteiger partial charge on any atom is -0.504 e. The van der Waals surface area contributed by atoms with Gasteiger partial charge in [0.15, 0.2) is 17.2 Å². The molecular formula is C30H37F3N6O5. The molecule has 7 atom stereocenters. The number of anilines is 1. The number of hydrogen-bond donors (Lipinski definition) is 3. The summed E-state index contributed by atoms with van der Waals surface area (Å²) in [5, 5.41) is 24.8. The van der Waals surface area contributed by atoms with Crippen LogP contribution in [0.5, 0.6) is 5.75 Å². The lowest BCUT2D eigenvalue weighted by molar-refractivity contribution is -0.149. The number of nitrogens with one attached hydrogen (secondary N) is 2. The van der Waals surface area contributed by atoms with Crippen molar-refractivity contribution < 1.29 is 37.5 Å². The molecule has 2 saturated carbocycles. The van der Waals surface area contributed by atoms with Gasteiger partial charge in [0, 0.05) is 19.2 Å². The van der Waals surface area contributed by atoms with Gasteiger partial charge in [-0.3, -0.25) is 19.2 Å². The average Bonchev–Trinajstić information content (AvgIpc) is 3.39. The molecule has 1 aromatic rings. The van der Waals surface area contributed by atoms with Crippen molar-refractivity contribution >= 4 is 29.4 Å². The normalized spacial score (nSPS) is 29.8. The van der Waals surface area contributed by atoms with Crippen LogP contribution in [0.2, 0.25) is 0 Å². The SMILES string of the molecule is CC(C)(C)[C@H](NC(=O)C1(F)CC1)C(=O)N1CC2CC[C@@H](F)C[C@@H]2[C@H]1C(=O)N1C[C@@H](C(=O)Nc2ncc(F)cc2O)C[C@H]1C#N. The first-order chi connectivity index (χ1) is 20.6. The summed E-state index contributed by atoms with van der Waals surface area (Å²) < 4.78 is 42.6. The third-order valence-corrected chi connectivity index (χ3v) is 9.36. The van der Waals surface area contributed by atoms with Crippen molar-refractivity contribution in [3.05, 3.63) is 18.1 Å². The van der Waals surface area contributed by atoms with Gasteiger partial charge in [0.1, 0.15) is 30.1 Å². The van der Waals surface area contributed by atoms with Gasteiger partial charge >= 0.3 is 0 Å². The fraction of sp³-hybridized carbons (Fsp3) is 0.667. The molecule has 0 aromatic carbocycles. The zero-order valence-corrected chi connectivity index (χ0v) is 24.9. The number of aromatic nitrogens is 1. The third kappa shape index (κ3) is 6.05. The van der Waals surface area contributed by atoms with Crippen LogP contribution >= 0.6 is 0 Å². The summed E-state index contributed by atoms with van der Waals surface area (Å²) in [4.78, 5) is 60.4. The van der Waals surface area contributed by atoms with E-state index in [0.717, 1.165) is 12.3 Å². The van der Waals surface area contributed by atoms with Crippen LogP contribution in [-0.2, 0) is 19.2 Å². The number of carbonyl (C=O) groups is 4. The maximum atomic E-state index is 14.7. The van der Waals surface area contributed by atoms with Crippen LogP contribution in [0.25, 0.3) is 0 Å². The van der Waals surface area contributed by atoms with Gasteiger partial charge in [-0.2, -0.15) is 5.26 Å². The minimum absolute atomic E-state index is 0.0372. The Hall–Kier alpha value is -3.89. The molecule has 1 aromatic heterocycles. The number of nitriles is 1. The number of nitrogens with zero attached hydrogens (tertiary/aromatic N) is 4.